The molecule has 0 aliphatic carbocycles. The van der Waals surface area contributed by atoms with Crippen molar-refractivity contribution in [3.05, 3.63) is 29.8 Å². The summed E-state index contributed by atoms with van der Waals surface area (Å²) < 4.78 is 12.9. The average Bonchev–Trinajstić information content (AvgIpc) is 2.15. The van der Waals surface area contributed by atoms with E-state index in [0.717, 1.165) is 5.56 Å². The van der Waals surface area contributed by atoms with E-state index in [9.17, 15) is 4.39 Å². The predicted molar refractivity (Wildman–Crippen MR) is 66.5 cm³/mol. The van der Waals surface area contributed by atoms with Gasteiger partial charge in [0, 0.05) is 25.3 Å². The first-order valence-electron chi connectivity index (χ1n) is 5.11. The second kappa shape index (κ2) is 5.86. The van der Waals surface area contributed by atoms with Crippen LogP contribution in [-0.4, -0.2) is 27.5 Å². The summed E-state index contributed by atoms with van der Waals surface area (Å²) in [6, 6.07) is 1.77. The van der Waals surface area contributed by atoms with Crippen molar-refractivity contribution in [1.82, 2.24) is 9.88 Å². The minimum atomic E-state index is -0.323. The minimum absolute atomic E-state index is 0.296. The molecular weight excluding hydrogens is 225 g/mol. The number of hydrogen-bond donors (Lipinski definition) is 1. The third-order valence-corrected chi connectivity index (χ3v) is 2.37. The van der Waals surface area contributed by atoms with Crippen LogP contribution in [0.25, 0.3) is 0 Å². The van der Waals surface area contributed by atoms with Gasteiger partial charge in [0.15, 0.2) is 0 Å². The number of nitrogens with two attached hydrogens (primary N) is 1. The molecule has 0 spiro atoms. The fourth-order valence-corrected chi connectivity index (χ4v) is 1.56. The number of aromatic nitrogens is 1. The lowest BCUT2D eigenvalue weighted by Crippen LogP contribution is -2.37. The van der Waals surface area contributed by atoms with Crippen molar-refractivity contribution in [2.75, 3.05) is 6.54 Å². The molecule has 0 saturated carbocycles. The molecule has 16 heavy (non-hydrogen) atoms. The van der Waals surface area contributed by atoms with Crippen LogP contribution in [-0.2, 0) is 6.54 Å². The fraction of sp³-hybridized carbons (Fsp3) is 0.455. The van der Waals surface area contributed by atoms with E-state index in [-0.39, 0.29) is 5.82 Å². The Morgan fingerprint density at radius 1 is 1.56 bits per heavy atom. The molecule has 0 unspecified atom stereocenters. The lowest BCUT2D eigenvalue weighted by molar-refractivity contribution is 0.245. The van der Waals surface area contributed by atoms with Gasteiger partial charge in [-0.25, -0.2) is 4.39 Å². The summed E-state index contributed by atoms with van der Waals surface area (Å²) in [6.45, 7) is 5.22. The van der Waals surface area contributed by atoms with Gasteiger partial charge in [-0.1, -0.05) is 12.2 Å². The summed E-state index contributed by atoms with van der Waals surface area (Å²) in [6.07, 6.45) is 2.84. The molecule has 2 N–H and O–H groups in total. The molecule has 0 aliphatic rings. The van der Waals surface area contributed by atoms with Gasteiger partial charge in [0.1, 0.15) is 5.82 Å². The maximum atomic E-state index is 12.9. The predicted octanol–water partition coefficient (Wildman–Crippen LogP) is 1.72. The van der Waals surface area contributed by atoms with Crippen molar-refractivity contribution in [3.63, 3.8) is 0 Å². The van der Waals surface area contributed by atoms with E-state index in [1.54, 1.807) is 6.20 Å². The third kappa shape index (κ3) is 4.20. The molecular formula is C11H16FN3S. The van der Waals surface area contributed by atoms with E-state index in [0.29, 0.717) is 24.1 Å². The van der Waals surface area contributed by atoms with Crippen LogP contribution in [0.2, 0.25) is 0 Å². The molecule has 1 heterocycles. The fourth-order valence-electron chi connectivity index (χ4n) is 1.40. The van der Waals surface area contributed by atoms with Gasteiger partial charge < -0.3 is 5.73 Å². The zero-order chi connectivity index (χ0) is 12.1. The first-order chi connectivity index (χ1) is 7.49. The van der Waals surface area contributed by atoms with E-state index < -0.39 is 0 Å². The van der Waals surface area contributed by atoms with Gasteiger partial charge in [0.25, 0.3) is 0 Å². The molecule has 0 saturated heterocycles. The van der Waals surface area contributed by atoms with Crippen molar-refractivity contribution in [1.29, 1.82) is 0 Å². The number of halogens is 1. The van der Waals surface area contributed by atoms with Crippen LogP contribution in [0, 0.1) is 5.82 Å². The molecule has 1 aromatic heterocycles. The SMILES string of the molecule is CC(C)N(CC(N)=S)Cc1cncc(F)c1. The second-order valence-corrected chi connectivity index (χ2v) is 4.50. The number of pyridine rings is 1. The van der Waals surface area contributed by atoms with Crippen LogP contribution in [0.4, 0.5) is 4.39 Å². The number of thiocarbonyl (C=S) groups is 1. The van der Waals surface area contributed by atoms with Crippen LogP contribution < -0.4 is 5.73 Å². The van der Waals surface area contributed by atoms with Gasteiger partial charge in [0.2, 0.25) is 0 Å². The molecule has 0 atom stereocenters. The summed E-state index contributed by atoms with van der Waals surface area (Å²) in [5, 5.41) is 0. The van der Waals surface area contributed by atoms with E-state index >= 15 is 0 Å². The molecule has 3 nitrogen and oxygen atoms in total. The van der Waals surface area contributed by atoms with Gasteiger partial charge in [-0.2, -0.15) is 0 Å². The lowest BCUT2D eigenvalue weighted by atomic mass is 10.2. The van der Waals surface area contributed by atoms with Gasteiger partial charge >= 0.3 is 0 Å². The van der Waals surface area contributed by atoms with Gasteiger partial charge in [-0.15, -0.1) is 0 Å². The Morgan fingerprint density at radius 2 is 2.25 bits per heavy atom. The Morgan fingerprint density at radius 3 is 2.75 bits per heavy atom. The Balaban J connectivity index is 2.71. The Bertz CT molecular complexity index is 368. The van der Waals surface area contributed by atoms with Crippen molar-refractivity contribution in [2.45, 2.75) is 26.4 Å². The highest BCUT2D eigenvalue weighted by atomic mass is 32.1. The van der Waals surface area contributed by atoms with Gasteiger partial charge in [0.05, 0.1) is 11.2 Å². The van der Waals surface area contributed by atoms with Crippen LogP contribution >= 0.6 is 12.2 Å². The largest absolute Gasteiger partial charge is 0.392 e. The van der Waals surface area contributed by atoms with Crippen molar-refractivity contribution >= 4 is 17.2 Å². The van der Waals surface area contributed by atoms with Gasteiger partial charge in [-0.05, 0) is 25.5 Å². The highest BCUT2D eigenvalue weighted by molar-refractivity contribution is 7.80. The number of nitrogens with zero attached hydrogens (tertiary/aromatic N) is 2. The van der Waals surface area contributed by atoms with E-state index in [2.05, 4.69) is 9.88 Å². The van der Waals surface area contributed by atoms with Crippen LogP contribution in [0.5, 0.6) is 0 Å². The molecule has 5 heteroatoms. The second-order valence-electron chi connectivity index (χ2n) is 3.98. The molecule has 1 rings (SSSR count). The summed E-state index contributed by atoms with van der Waals surface area (Å²) in [7, 11) is 0. The highest BCUT2D eigenvalue weighted by Crippen LogP contribution is 2.08. The first-order valence-corrected chi connectivity index (χ1v) is 5.51. The number of hydrogen-bond acceptors (Lipinski definition) is 3. The van der Waals surface area contributed by atoms with Crippen LogP contribution in [0.1, 0.15) is 19.4 Å². The topological polar surface area (TPSA) is 42.1 Å². The third-order valence-electron chi connectivity index (χ3n) is 2.24. The maximum Gasteiger partial charge on any atom is 0.141 e. The minimum Gasteiger partial charge on any atom is -0.392 e. The molecule has 0 amide bonds. The van der Waals surface area contributed by atoms with Crippen LogP contribution in [0.15, 0.2) is 18.5 Å². The van der Waals surface area contributed by atoms with Gasteiger partial charge in [-0.3, -0.25) is 9.88 Å². The zero-order valence-corrected chi connectivity index (χ0v) is 10.3. The summed E-state index contributed by atoms with van der Waals surface area (Å²) >= 11 is 4.88. The average molecular weight is 241 g/mol. The molecule has 0 radical (unpaired) electrons. The summed E-state index contributed by atoms with van der Waals surface area (Å²) in [5.41, 5.74) is 6.34. The van der Waals surface area contributed by atoms with Crippen molar-refractivity contribution in [3.8, 4) is 0 Å². The van der Waals surface area contributed by atoms with Crippen LogP contribution in [0.3, 0.4) is 0 Å². The normalized spacial score (nSPS) is 11.1. The quantitative estimate of drug-likeness (QED) is 0.797. The monoisotopic (exact) mass is 241 g/mol. The lowest BCUT2D eigenvalue weighted by Gasteiger charge is -2.25. The molecule has 88 valence electrons. The highest BCUT2D eigenvalue weighted by Gasteiger charge is 2.11. The smallest absolute Gasteiger partial charge is 0.141 e. The zero-order valence-electron chi connectivity index (χ0n) is 9.48. The molecule has 0 bridgehead atoms. The van der Waals surface area contributed by atoms with Crippen molar-refractivity contribution < 1.29 is 4.39 Å². The van der Waals surface area contributed by atoms with E-state index in [1.165, 1.54) is 12.3 Å². The number of rotatable bonds is 5. The van der Waals surface area contributed by atoms with E-state index in [1.807, 2.05) is 13.8 Å². The Kier molecular flexibility index (Phi) is 4.76. The van der Waals surface area contributed by atoms with E-state index in [4.69, 9.17) is 18.0 Å². The summed E-state index contributed by atoms with van der Waals surface area (Å²) in [4.78, 5) is 6.32. The Labute approximate surface area is 100 Å². The van der Waals surface area contributed by atoms with Crippen molar-refractivity contribution in [2.24, 2.45) is 5.73 Å². The molecule has 0 aliphatic heterocycles. The first kappa shape index (κ1) is 13.0. The molecule has 1 aromatic rings. The molecule has 0 aromatic carbocycles. The summed E-state index contributed by atoms with van der Waals surface area (Å²) in [5.74, 6) is -0.323. The standard InChI is InChI=1S/C11H16FN3S/c1-8(2)15(7-11(13)16)6-9-3-10(12)5-14-4-9/h3-5,8H,6-7H2,1-2H3,(H2,13,16). The maximum absolute atomic E-state index is 12.9. The molecule has 0 fully saturated rings. The Hall–Kier alpha value is -1.07.